The molecule has 0 amide bonds. The number of alkyl halides is 6. The predicted molar refractivity (Wildman–Crippen MR) is 93.6 cm³/mol. The number of rotatable bonds is 5. The van der Waals surface area contributed by atoms with Crippen LogP contribution in [0.5, 0.6) is 0 Å². The monoisotopic (exact) mass is 508 g/mol. The van der Waals surface area contributed by atoms with Gasteiger partial charge < -0.3 is 21.9 Å². The van der Waals surface area contributed by atoms with Gasteiger partial charge in [0.1, 0.15) is 0 Å². The summed E-state index contributed by atoms with van der Waals surface area (Å²) in [6, 6.07) is 8.61. The first kappa shape index (κ1) is 28.3. The van der Waals surface area contributed by atoms with Crippen molar-refractivity contribution in [2.75, 3.05) is 0 Å². The Bertz CT molecular complexity index is 1000. The van der Waals surface area contributed by atoms with E-state index in [1.165, 1.54) is 12.1 Å². The minimum atomic E-state index is -5.96. The molecular formula is C14H8AlClF6N2O4S2. The Balaban J connectivity index is 0.00000420. The molecule has 0 aliphatic heterocycles. The molecule has 0 N–H and O–H groups in total. The largest absolute Gasteiger partial charge is 3.00 e. The van der Waals surface area contributed by atoms with Crippen molar-refractivity contribution in [2.45, 2.75) is 11.0 Å². The average Bonchev–Trinajstić information content (AvgIpc) is 2.53. The summed E-state index contributed by atoms with van der Waals surface area (Å²) in [5.74, 6) is 0. The van der Waals surface area contributed by atoms with Crippen molar-refractivity contribution in [3.05, 3.63) is 58.0 Å². The van der Waals surface area contributed by atoms with Crippen LogP contribution in [0.2, 0.25) is 0 Å². The third-order valence-electron chi connectivity index (χ3n) is 3.12. The molecule has 0 heterocycles. The summed E-state index contributed by atoms with van der Waals surface area (Å²) in [6.45, 7) is 0. The summed E-state index contributed by atoms with van der Waals surface area (Å²) in [4.78, 5) is 0. The molecule has 0 atom stereocenters. The predicted octanol–water partition coefficient (Wildman–Crippen LogP) is 1.69. The van der Waals surface area contributed by atoms with Crippen LogP contribution in [-0.4, -0.2) is 45.2 Å². The van der Waals surface area contributed by atoms with Gasteiger partial charge in [-0.25, -0.2) is 16.8 Å². The maximum absolute atomic E-state index is 12.6. The molecule has 2 aromatic carbocycles. The van der Waals surface area contributed by atoms with Crippen molar-refractivity contribution < 1.29 is 55.6 Å². The Morgan fingerprint density at radius 3 is 1.13 bits per heavy atom. The van der Waals surface area contributed by atoms with E-state index >= 15 is 0 Å². The Labute approximate surface area is 184 Å². The molecule has 0 fully saturated rings. The second-order valence-corrected chi connectivity index (χ2v) is 8.25. The zero-order valence-electron chi connectivity index (χ0n) is 14.2. The molecule has 2 aromatic rings. The van der Waals surface area contributed by atoms with E-state index in [1.807, 2.05) is 0 Å². The summed E-state index contributed by atoms with van der Waals surface area (Å²) in [7, 11) is -11.9. The van der Waals surface area contributed by atoms with Crippen LogP contribution in [0.3, 0.4) is 0 Å². The van der Waals surface area contributed by atoms with Crippen LogP contribution >= 0.6 is 0 Å². The van der Waals surface area contributed by atoms with Gasteiger partial charge in [0.25, 0.3) is 0 Å². The topological polar surface area (TPSA) is 96.5 Å². The van der Waals surface area contributed by atoms with Crippen LogP contribution in [0, 0.1) is 0 Å². The molecule has 16 heteroatoms. The first-order valence-corrected chi connectivity index (χ1v) is 9.81. The second kappa shape index (κ2) is 9.65. The van der Waals surface area contributed by atoms with Crippen LogP contribution in [0.15, 0.2) is 48.5 Å². The van der Waals surface area contributed by atoms with Gasteiger partial charge in [-0.2, -0.15) is 26.3 Å². The zero-order chi connectivity index (χ0) is 21.4. The average molecular weight is 509 g/mol. The van der Waals surface area contributed by atoms with Gasteiger partial charge in [0.15, 0.2) is 20.0 Å². The van der Waals surface area contributed by atoms with E-state index in [9.17, 15) is 43.2 Å². The van der Waals surface area contributed by atoms with Crippen molar-refractivity contribution in [3.8, 4) is 11.1 Å². The molecular weight excluding hydrogens is 501 g/mol. The number of hydrogen-bond acceptors (Lipinski definition) is 4. The van der Waals surface area contributed by atoms with Gasteiger partial charge in [-0.3, -0.25) is 0 Å². The van der Waals surface area contributed by atoms with Crippen LogP contribution in [0.25, 0.3) is 20.6 Å². The van der Waals surface area contributed by atoms with E-state index in [2.05, 4.69) is 9.44 Å². The number of nitrogens with zero attached hydrogens (tertiary/aromatic N) is 2. The molecule has 0 aromatic heterocycles. The zero-order valence-corrected chi connectivity index (χ0v) is 17.7. The molecule has 0 saturated carbocycles. The Morgan fingerprint density at radius 1 is 0.600 bits per heavy atom. The number of benzene rings is 2. The fourth-order valence-electron chi connectivity index (χ4n) is 1.92. The van der Waals surface area contributed by atoms with Crippen molar-refractivity contribution in [1.29, 1.82) is 0 Å². The summed E-state index contributed by atoms with van der Waals surface area (Å²) in [5, 5.41) is 0. The summed E-state index contributed by atoms with van der Waals surface area (Å²) in [6.07, 6.45) is 0. The standard InChI is InChI=1S/C14H8F6N2O4S2.Al.ClH/c15-13(16,17)27(23,24)21-11-7-3-1-5-9(11)10-6-2-4-8-12(10)22-28(25,26)14(18,19)20;;/h1-8H;;1H/q-2;+3;/p-1. The van der Waals surface area contributed by atoms with E-state index < -0.39 is 42.4 Å². The van der Waals surface area contributed by atoms with E-state index in [0.717, 1.165) is 36.4 Å². The summed E-state index contributed by atoms with van der Waals surface area (Å²) >= 11 is 0. The number of halogens is 7. The van der Waals surface area contributed by atoms with Crippen LogP contribution in [0.4, 0.5) is 37.7 Å². The van der Waals surface area contributed by atoms with E-state index in [-0.39, 0.29) is 40.9 Å². The van der Waals surface area contributed by atoms with Crippen LogP contribution in [-0.2, 0) is 20.0 Å². The van der Waals surface area contributed by atoms with Crippen molar-refractivity contribution >= 4 is 48.8 Å². The maximum atomic E-state index is 12.6. The molecule has 0 spiro atoms. The quantitative estimate of drug-likeness (QED) is 0.453. The molecule has 0 saturated heterocycles. The summed E-state index contributed by atoms with van der Waals surface area (Å²) in [5.41, 5.74) is -13.7. The fourth-order valence-corrected chi connectivity index (χ4v) is 2.97. The minimum absolute atomic E-state index is 0. The van der Waals surface area contributed by atoms with Gasteiger partial charge in [0.2, 0.25) is 0 Å². The van der Waals surface area contributed by atoms with Gasteiger partial charge in [-0.1, -0.05) is 48.5 Å². The number of sulfonamides is 2. The Kier molecular flexibility index (Phi) is 9.12. The van der Waals surface area contributed by atoms with Gasteiger partial charge in [0, 0.05) is 0 Å². The van der Waals surface area contributed by atoms with Crippen molar-refractivity contribution in [3.63, 3.8) is 0 Å². The molecule has 6 nitrogen and oxygen atoms in total. The molecule has 0 aliphatic rings. The van der Waals surface area contributed by atoms with Crippen molar-refractivity contribution in [2.24, 2.45) is 0 Å². The van der Waals surface area contributed by atoms with Gasteiger partial charge in [0.05, 0.1) is 0 Å². The Morgan fingerprint density at radius 2 is 0.867 bits per heavy atom. The molecule has 162 valence electrons. The smallest absolute Gasteiger partial charge is 1.00 e. The fraction of sp³-hybridized carbons (Fsp3) is 0.143. The third kappa shape index (κ3) is 6.18. The van der Waals surface area contributed by atoms with Gasteiger partial charge in [-0.15, -0.1) is 11.4 Å². The van der Waals surface area contributed by atoms with Crippen LogP contribution in [0.1, 0.15) is 0 Å². The summed E-state index contributed by atoms with van der Waals surface area (Å²) < 4.78 is 126. The Hall–Kier alpha value is -1.66. The molecule has 0 aliphatic carbocycles. The van der Waals surface area contributed by atoms with Gasteiger partial charge in [-0.05, 0) is 11.1 Å². The minimum Gasteiger partial charge on any atom is -1.00 e. The van der Waals surface area contributed by atoms with Crippen molar-refractivity contribution in [1.82, 2.24) is 0 Å². The molecule has 0 radical (unpaired) electrons. The van der Waals surface area contributed by atoms with Gasteiger partial charge >= 0.3 is 28.4 Å². The SMILES string of the molecule is O=S(=O)([N-]c1ccccc1-c1ccccc1[N-]S(=O)(=O)C(F)(F)F)C(F)(F)F.[Al+3].[Cl-]. The van der Waals surface area contributed by atoms with Crippen LogP contribution < -0.4 is 12.4 Å². The normalized spacial score (nSPS) is 12.3. The van der Waals surface area contributed by atoms with E-state index in [4.69, 9.17) is 0 Å². The third-order valence-corrected chi connectivity index (χ3v) is 5.16. The molecule has 2 rings (SSSR count). The molecule has 0 unspecified atom stereocenters. The van der Waals surface area contributed by atoms with E-state index in [1.54, 1.807) is 0 Å². The first-order valence-electron chi connectivity index (χ1n) is 6.93. The number of hydrogen-bond donors (Lipinski definition) is 0. The maximum Gasteiger partial charge on any atom is 3.00 e. The van der Waals surface area contributed by atoms with E-state index in [0.29, 0.717) is 0 Å². The molecule has 30 heavy (non-hydrogen) atoms. The first-order chi connectivity index (χ1) is 12.7. The second-order valence-electron chi connectivity index (χ2n) is 5.06. The molecule has 0 bridgehead atoms.